The Labute approximate surface area is 192 Å². The van der Waals surface area contributed by atoms with Crippen molar-refractivity contribution < 1.29 is 9.59 Å². The minimum absolute atomic E-state index is 0.0445. The van der Waals surface area contributed by atoms with E-state index in [4.69, 9.17) is 0 Å². The van der Waals surface area contributed by atoms with Gasteiger partial charge in [0.05, 0.1) is 5.56 Å². The second kappa shape index (κ2) is 12.2. The van der Waals surface area contributed by atoms with Gasteiger partial charge in [0, 0.05) is 37.4 Å². The maximum atomic E-state index is 13.0. The Morgan fingerprint density at radius 1 is 1.00 bits per heavy atom. The lowest BCUT2D eigenvalue weighted by Gasteiger charge is -2.30. The van der Waals surface area contributed by atoms with Crippen LogP contribution in [0.3, 0.4) is 0 Å². The molecule has 3 rings (SSSR count). The maximum Gasteiger partial charge on any atom is 0.253 e. The molecule has 1 fully saturated rings. The number of hydrogen-bond acceptors (Lipinski definition) is 4. The lowest BCUT2D eigenvalue weighted by Crippen LogP contribution is -2.33. The molecule has 2 amide bonds. The lowest BCUT2D eigenvalue weighted by atomic mass is 10.1. The number of aryl methyl sites for hydroxylation is 1. The van der Waals surface area contributed by atoms with Gasteiger partial charge in [-0.3, -0.25) is 9.59 Å². The van der Waals surface area contributed by atoms with Crippen LogP contribution in [0.1, 0.15) is 48.0 Å². The molecule has 1 saturated heterocycles. The molecule has 6 nitrogen and oxygen atoms in total. The molecule has 1 aliphatic heterocycles. The number of piperidine rings is 1. The molecule has 0 atom stereocenters. The third kappa shape index (κ3) is 7.38. The van der Waals surface area contributed by atoms with Crippen LogP contribution in [0.2, 0.25) is 0 Å². The SMILES string of the molecule is CN(C)CCCNC(=O)c1cc(NC(=O)CCc2ccccc2)ccc1N1CCCCC1. The van der Waals surface area contributed by atoms with E-state index in [9.17, 15) is 9.59 Å². The molecular formula is C26H36N4O2. The number of carbonyl (C=O) groups is 2. The fourth-order valence-corrected chi connectivity index (χ4v) is 4.02. The molecule has 0 bridgehead atoms. The Morgan fingerprint density at radius 3 is 2.47 bits per heavy atom. The van der Waals surface area contributed by atoms with E-state index < -0.39 is 0 Å². The number of nitrogens with zero attached hydrogens (tertiary/aromatic N) is 2. The first-order valence-electron chi connectivity index (χ1n) is 11.7. The van der Waals surface area contributed by atoms with Gasteiger partial charge in [0.25, 0.3) is 5.91 Å². The van der Waals surface area contributed by atoms with Gasteiger partial charge >= 0.3 is 0 Å². The minimum atomic E-state index is -0.0790. The number of anilines is 2. The Balaban J connectivity index is 1.67. The zero-order valence-electron chi connectivity index (χ0n) is 19.4. The van der Waals surface area contributed by atoms with E-state index >= 15 is 0 Å². The summed E-state index contributed by atoms with van der Waals surface area (Å²) in [5.74, 6) is -0.123. The van der Waals surface area contributed by atoms with Gasteiger partial charge in [-0.15, -0.1) is 0 Å². The Bertz CT molecular complexity index is 877. The van der Waals surface area contributed by atoms with Crippen molar-refractivity contribution in [2.24, 2.45) is 0 Å². The van der Waals surface area contributed by atoms with E-state index in [1.807, 2.05) is 62.6 Å². The first-order chi connectivity index (χ1) is 15.5. The predicted octanol–water partition coefficient (Wildman–Crippen LogP) is 3.93. The van der Waals surface area contributed by atoms with Crippen molar-refractivity contribution in [3.63, 3.8) is 0 Å². The summed E-state index contributed by atoms with van der Waals surface area (Å²) in [6.45, 7) is 3.48. The van der Waals surface area contributed by atoms with Crippen LogP contribution in [0.25, 0.3) is 0 Å². The quantitative estimate of drug-likeness (QED) is 0.554. The van der Waals surface area contributed by atoms with E-state index in [0.717, 1.165) is 50.1 Å². The summed E-state index contributed by atoms with van der Waals surface area (Å²) in [6.07, 6.45) is 5.51. The molecule has 1 aliphatic rings. The van der Waals surface area contributed by atoms with Gasteiger partial charge in [-0.2, -0.15) is 0 Å². The van der Waals surface area contributed by atoms with Crippen LogP contribution in [0, 0.1) is 0 Å². The Morgan fingerprint density at radius 2 is 1.75 bits per heavy atom. The number of nitrogens with one attached hydrogen (secondary N) is 2. The monoisotopic (exact) mass is 436 g/mol. The molecule has 0 aliphatic carbocycles. The lowest BCUT2D eigenvalue weighted by molar-refractivity contribution is -0.116. The van der Waals surface area contributed by atoms with Crippen molar-refractivity contribution in [2.75, 3.05) is 50.5 Å². The average molecular weight is 437 g/mol. The molecular weight excluding hydrogens is 400 g/mol. The fourth-order valence-electron chi connectivity index (χ4n) is 4.02. The van der Waals surface area contributed by atoms with Crippen molar-refractivity contribution in [1.82, 2.24) is 10.2 Å². The van der Waals surface area contributed by atoms with Crippen LogP contribution >= 0.6 is 0 Å². The van der Waals surface area contributed by atoms with Crippen molar-refractivity contribution in [3.8, 4) is 0 Å². The Kier molecular flexibility index (Phi) is 9.11. The highest BCUT2D eigenvalue weighted by Gasteiger charge is 2.19. The highest BCUT2D eigenvalue weighted by molar-refractivity contribution is 6.02. The molecule has 0 radical (unpaired) electrons. The molecule has 0 saturated carbocycles. The number of hydrogen-bond donors (Lipinski definition) is 2. The first kappa shape index (κ1) is 23.8. The van der Waals surface area contributed by atoms with Gasteiger partial charge in [-0.25, -0.2) is 0 Å². The van der Waals surface area contributed by atoms with Gasteiger partial charge in [-0.1, -0.05) is 30.3 Å². The average Bonchev–Trinajstić information content (AvgIpc) is 2.81. The zero-order valence-corrected chi connectivity index (χ0v) is 19.4. The van der Waals surface area contributed by atoms with Crippen LogP contribution in [0.15, 0.2) is 48.5 Å². The van der Waals surface area contributed by atoms with Gasteiger partial charge in [0.1, 0.15) is 0 Å². The Hall–Kier alpha value is -2.86. The fraction of sp³-hybridized carbons (Fsp3) is 0.462. The standard InChI is InChI=1S/C26H36N4O2/c1-29(2)17-9-16-27-26(32)23-20-22(13-14-24(23)30-18-7-4-8-19-30)28-25(31)15-12-21-10-5-3-6-11-21/h3,5-6,10-11,13-14,20H,4,7-9,12,15-19H2,1-2H3,(H,27,32)(H,28,31). The molecule has 0 aromatic heterocycles. The van der Waals surface area contributed by atoms with E-state index in [2.05, 4.69) is 20.4 Å². The number of carbonyl (C=O) groups excluding carboxylic acids is 2. The number of benzene rings is 2. The van der Waals surface area contributed by atoms with Crippen LogP contribution in [-0.4, -0.2) is 57.0 Å². The molecule has 2 aromatic rings. The van der Waals surface area contributed by atoms with Crippen molar-refractivity contribution in [1.29, 1.82) is 0 Å². The summed E-state index contributed by atoms with van der Waals surface area (Å²) in [4.78, 5) is 29.9. The summed E-state index contributed by atoms with van der Waals surface area (Å²) < 4.78 is 0. The van der Waals surface area contributed by atoms with Gasteiger partial charge in [0.15, 0.2) is 0 Å². The van der Waals surface area contributed by atoms with Gasteiger partial charge in [-0.05, 0) is 76.5 Å². The molecule has 0 spiro atoms. The van der Waals surface area contributed by atoms with E-state index in [1.165, 1.54) is 6.42 Å². The normalized spacial score (nSPS) is 13.8. The number of amides is 2. The molecule has 0 unspecified atom stereocenters. The summed E-state index contributed by atoms with van der Waals surface area (Å²) in [6, 6.07) is 15.7. The smallest absolute Gasteiger partial charge is 0.253 e. The zero-order chi connectivity index (χ0) is 22.8. The molecule has 6 heteroatoms. The summed E-state index contributed by atoms with van der Waals surface area (Å²) >= 11 is 0. The molecule has 172 valence electrons. The van der Waals surface area contributed by atoms with Crippen molar-refractivity contribution >= 4 is 23.2 Å². The predicted molar refractivity (Wildman–Crippen MR) is 131 cm³/mol. The number of rotatable bonds is 10. The second-order valence-electron chi connectivity index (χ2n) is 8.73. The van der Waals surface area contributed by atoms with E-state index in [0.29, 0.717) is 30.6 Å². The maximum absolute atomic E-state index is 13.0. The van der Waals surface area contributed by atoms with Crippen molar-refractivity contribution in [3.05, 3.63) is 59.7 Å². The van der Waals surface area contributed by atoms with E-state index in [1.54, 1.807) is 0 Å². The highest BCUT2D eigenvalue weighted by Crippen LogP contribution is 2.27. The van der Waals surface area contributed by atoms with Gasteiger partial charge in [0.2, 0.25) is 5.91 Å². The van der Waals surface area contributed by atoms with Crippen LogP contribution < -0.4 is 15.5 Å². The first-order valence-corrected chi connectivity index (χ1v) is 11.7. The summed E-state index contributed by atoms with van der Waals surface area (Å²) in [5, 5.41) is 6.03. The second-order valence-corrected chi connectivity index (χ2v) is 8.73. The van der Waals surface area contributed by atoms with Gasteiger partial charge < -0.3 is 20.4 Å². The van der Waals surface area contributed by atoms with Crippen LogP contribution in [0.5, 0.6) is 0 Å². The third-order valence-corrected chi connectivity index (χ3v) is 5.77. The van der Waals surface area contributed by atoms with E-state index in [-0.39, 0.29) is 11.8 Å². The summed E-state index contributed by atoms with van der Waals surface area (Å²) in [7, 11) is 4.06. The molecule has 2 N–H and O–H groups in total. The molecule has 2 aromatic carbocycles. The third-order valence-electron chi connectivity index (χ3n) is 5.77. The van der Waals surface area contributed by atoms with Crippen LogP contribution in [0.4, 0.5) is 11.4 Å². The molecule has 32 heavy (non-hydrogen) atoms. The summed E-state index contributed by atoms with van der Waals surface area (Å²) in [5.41, 5.74) is 3.40. The molecule has 1 heterocycles. The highest BCUT2D eigenvalue weighted by atomic mass is 16.2. The van der Waals surface area contributed by atoms with Crippen molar-refractivity contribution in [2.45, 2.75) is 38.5 Å². The largest absolute Gasteiger partial charge is 0.371 e. The topological polar surface area (TPSA) is 64.7 Å². The van der Waals surface area contributed by atoms with Crippen LogP contribution in [-0.2, 0) is 11.2 Å². The minimum Gasteiger partial charge on any atom is -0.371 e.